The Balaban J connectivity index is 2.07. The molecule has 1 aromatic rings. The molecule has 1 aliphatic heterocycles. The zero-order valence-corrected chi connectivity index (χ0v) is 11.8. The molecule has 0 bridgehead atoms. The fourth-order valence-corrected chi connectivity index (χ4v) is 3.74. The maximum atomic E-state index is 11.8. The van der Waals surface area contributed by atoms with E-state index in [1.807, 2.05) is 6.26 Å². The van der Waals surface area contributed by atoms with Gasteiger partial charge < -0.3 is 0 Å². The summed E-state index contributed by atoms with van der Waals surface area (Å²) in [5, 5.41) is 1.40. The number of thioether (sulfide) groups is 2. The maximum Gasteiger partial charge on any atom is 0.230 e. The first-order chi connectivity index (χ1) is 8.10. The number of rotatable bonds is 3. The third-order valence-electron chi connectivity index (χ3n) is 2.23. The van der Waals surface area contributed by atoms with Crippen molar-refractivity contribution in [3.8, 4) is 0 Å². The Kier molecular flexibility index (Phi) is 4.05. The third-order valence-corrected chi connectivity index (χ3v) is 4.62. The Bertz CT molecular complexity index is 448. The molecule has 0 spiro atoms. The lowest BCUT2D eigenvalue weighted by Gasteiger charge is -2.11. The molecule has 0 radical (unpaired) electrons. The highest BCUT2D eigenvalue weighted by atomic mass is 32.2. The number of carbonyl (C=O) groups is 2. The molecular formula is C9H11N3O2S3. The number of amides is 1. The molecule has 92 valence electrons. The second-order valence-electron chi connectivity index (χ2n) is 3.50. The molecule has 0 aliphatic carbocycles. The molecule has 1 aromatic heterocycles. The second-order valence-corrected chi connectivity index (χ2v) is 6.48. The van der Waals surface area contributed by atoms with E-state index in [2.05, 4.69) is 9.36 Å². The van der Waals surface area contributed by atoms with Gasteiger partial charge >= 0.3 is 0 Å². The lowest BCUT2D eigenvalue weighted by atomic mass is 10.4. The Morgan fingerprint density at radius 1 is 1.59 bits per heavy atom. The van der Waals surface area contributed by atoms with Crippen LogP contribution in [0.15, 0.2) is 5.16 Å². The highest BCUT2D eigenvalue weighted by Gasteiger charge is 2.33. The third kappa shape index (κ3) is 2.99. The van der Waals surface area contributed by atoms with E-state index in [-0.39, 0.29) is 16.3 Å². The van der Waals surface area contributed by atoms with Crippen LogP contribution in [0.25, 0.3) is 0 Å². The van der Waals surface area contributed by atoms with Crippen LogP contribution >= 0.6 is 35.1 Å². The first-order valence-corrected chi connectivity index (χ1v) is 7.83. The normalized spacial score (nSPS) is 20.0. The smallest absolute Gasteiger partial charge is 0.230 e. The van der Waals surface area contributed by atoms with Crippen molar-refractivity contribution >= 4 is 51.2 Å². The van der Waals surface area contributed by atoms with Gasteiger partial charge in [0.25, 0.3) is 0 Å². The van der Waals surface area contributed by atoms with Gasteiger partial charge in [0.05, 0.1) is 0 Å². The van der Waals surface area contributed by atoms with Gasteiger partial charge in [-0.2, -0.15) is 9.36 Å². The molecule has 8 heteroatoms. The van der Waals surface area contributed by atoms with Gasteiger partial charge in [-0.15, -0.1) is 0 Å². The van der Waals surface area contributed by atoms with E-state index in [0.29, 0.717) is 23.3 Å². The number of nitrogens with zero attached hydrogens (tertiary/aromatic N) is 3. The van der Waals surface area contributed by atoms with Crippen molar-refractivity contribution in [2.45, 2.75) is 23.8 Å². The van der Waals surface area contributed by atoms with Crippen LogP contribution in [-0.4, -0.2) is 38.4 Å². The summed E-state index contributed by atoms with van der Waals surface area (Å²) in [6, 6.07) is 0. The largest absolute Gasteiger partial charge is 0.288 e. The zero-order valence-electron chi connectivity index (χ0n) is 9.37. The molecule has 2 rings (SSSR count). The van der Waals surface area contributed by atoms with E-state index in [1.54, 1.807) is 4.90 Å². The molecule has 0 N–H and O–H groups in total. The molecular weight excluding hydrogens is 278 g/mol. The monoisotopic (exact) mass is 289 g/mol. The molecule has 1 amide bonds. The van der Waals surface area contributed by atoms with Crippen LogP contribution in [0.1, 0.15) is 13.3 Å². The predicted molar refractivity (Wildman–Crippen MR) is 70.7 cm³/mol. The van der Waals surface area contributed by atoms with Crippen LogP contribution in [0.2, 0.25) is 0 Å². The van der Waals surface area contributed by atoms with Crippen LogP contribution in [0.5, 0.6) is 0 Å². The van der Waals surface area contributed by atoms with Crippen molar-refractivity contribution < 1.29 is 9.59 Å². The lowest BCUT2D eigenvalue weighted by molar-refractivity contribution is -0.117. The summed E-state index contributed by atoms with van der Waals surface area (Å²) in [6.45, 7) is 2.07. The molecule has 0 aromatic carbocycles. The van der Waals surface area contributed by atoms with E-state index in [9.17, 15) is 9.59 Å². The molecule has 1 atom stereocenters. The fourth-order valence-electron chi connectivity index (χ4n) is 1.57. The Labute approximate surface area is 112 Å². The first-order valence-electron chi connectivity index (χ1n) is 4.95. The van der Waals surface area contributed by atoms with Crippen molar-refractivity contribution in [1.29, 1.82) is 0 Å². The van der Waals surface area contributed by atoms with Gasteiger partial charge in [0.15, 0.2) is 5.12 Å². The van der Waals surface area contributed by atoms with Crippen LogP contribution in [0, 0.1) is 0 Å². The standard InChI is InChI=1S/C9H11N3O2S3/c1-5(13)16-6-3-7(14)12(4-6)9-10-8(15-2)11-17-9/h6H,3-4H2,1-2H3. The zero-order chi connectivity index (χ0) is 12.4. The van der Waals surface area contributed by atoms with Crippen molar-refractivity contribution in [3.63, 3.8) is 0 Å². The molecule has 1 saturated heterocycles. The van der Waals surface area contributed by atoms with Crippen LogP contribution in [-0.2, 0) is 9.59 Å². The van der Waals surface area contributed by atoms with Gasteiger partial charge in [-0.25, -0.2) is 0 Å². The van der Waals surface area contributed by atoms with E-state index in [1.165, 1.54) is 42.0 Å². The second kappa shape index (κ2) is 5.36. The average molecular weight is 289 g/mol. The fraction of sp³-hybridized carbons (Fsp3) is 0.556. The van der Waals surface area contributed by atoms with Gasteiger partial charge in [-0.05, 0) is 6.26 Å². The number of aromatic nitrogens is 2. The lowest BCUT2D eigenvalue weighted by Crippen LogP contribution is -2.24. The molecule has 17 heavy (non-hydrogen) atoms. The minimum atomic E-state index is 0.0209. The maximum absolute atomic E-state index is 11.8. The van der Waals surface area contributed by atoms with Crippen LogP contribution in [0.3, 0.4) is 0 Å². The molecule has 2 heterocycles. The van der Waals surface area contributed by atoms with E-state index in [0.717, 1.165) is 0 Å². The van der Waals surface area contributed by atoms with Gasteiger partial charge in [-0.1, -0.05) is 23.5 Å². The quantitative estimate of drug-likeness (QED) is 0.788. The molecule has 1 aliphatic rings. The summed E-state index contributed by atoms with van der Waals surface area (Å²) < 4.78 is 4.13. The van der Waals surface area contributed by atoms with Crippen molar-refractivity contribution in [2.24, 2.45) is 0 Å². The van der Waals surface area contributed by atoms with E-state index < -0.39 is 0 Å². The predicted octanol–water partition coefficient (Wildman–Crippen LogP) is 1.64. The number of carbonyl (C=O) groups excluding carboxylic acids is 2. The number of hydrogen-bond acceptors (Lipinski definition) is 7. The highest BCUT2D eigenvalue weighted by Crippen LogP contribution is 2.30. The Morgan fingerprint density at radius 3 is 2.94 bits per heavy atom. The summed E-state index contributed by atoms with van der Waals surface area (Å²) in [5.74, 6) is 0.0209. The van der Waals surface area contributed by atoms with Crippen molar-refractivity contribution in [1.82, 2.24) is 9.36 Å². The van der Waals surface area contributed by atoms with Crippen molar-refractivity contribution in [2.75, 3.05) is 17.7 Å². The summed E-state index contributed by atoms with van der Waals surface area (Å²) >= 11 is 3.90. The van der Waals surface area contributed by atoms with Crippen LogP contribution < -0.4 is 4.90 Å². The number of anilines is 1. The topological polar surface area (TPSA) is 63.2 Å². The van der Waals surface area contributed by atoms with E-state index in [4.69, 9.17) is 0 Å². The molecule has 0 saturated carbocycles. The minimum absolute atomic E-state index is 0.0209. The average Bonchev–Trinajstić information content (AvgIpc) is 2.83. The van der Waals surface area contributed by atoms with Gasteiger partial charge in [0, 0.05) is 36.7 Å². The van der Waals surface area contributed by atoms with Gasteiger partial charge in [-0.3, -0.25) is 14.5 Å². The number of hydrogen-bond donors (Lipinski definition) is 0. The van der Waals surface area contributed by atoms with Gasteiger partial charge in [0.1, 0.15) is 0 Å². The Hall–Kier alpha value is -0.600. The first kappa shape index (κ1) is 12.8. The summed E-state index contributed by atoms with van der Waals surface area (Å²) in [4.78, 5) is 28.7. The summed E-state index contributed by atoms with van der Waals surface area (Å²) in [5.41, 5.74) is 0. The summed E-state index contributed by atoms with van der Waals surface area (Å²) in [6.07, 6.45) is 2.30. The molecule has 1 fully saturated rings. The van der Waals surface area contributed by atoms with Crippen LogP contribution in [0.4, 0.5) is 5.13 Å². The SMILES string of the molecule is CSc1nsc(N2CC(SC(C)=O)CC2=O)n1. The van der Waals surface area contributed by atoms with Crippen molar-refractivity contribution in [3.05, 3.63) is 0 Å². The molecule has 5 nitrogen and oxygen atoms in total. The van der Waals surface area contributed by atoms with E-state index >= 15 is 0 Å². The summed E-state index contributed by atoms with van der Waals surface area (Å²) in [7, 11) is 0. The van der Waals surface area contributed by atoms with Gasteiger partial charge in [0.2, 0.25) is 16.2 Å². The minimum Gasteiger partial charge on any atom is -0.288 e. The highest BCUT2D eigenvalue weighted by molar-refractivity contribution is 8.14. The molecule has 1 unspecified atom stereocenters. The Morgan fingerprint density at radius 2 is 2.35 bits per heavy atom.